The summed E-state index contributed by atoms with van der Waals surface area (Å²) in [5, 5.41) is 11.5. The van der Waals surface area contributed by atoms with E-state index in [1.807, 2.05) is 27.7 Å². The lowest BCUT2D eigenvalue weighted by molar-refractivity contribution is -0.143. The molecule has 13 heteroatoms. The Balaban J connectivity index is 4.36. The quantitative estimate of drug-likeness (QED) is 0.0358. The van der Waals surface area contributed by atoms with E-state index in [4.69, 9.17) is 18.9 Å². The van der Waals surface area contributed by atoms with Crippen molar-refractivity contribution in [3.8, 4) is 0 Å². The number of unbranched alkanes of at least 4 members (excludes halogenated alkanes) is 12. The summed E-state index contributed by atoms with van der Waals surface area (Å²) in [6.07, 6.45) is 16.9. The van der Waals surface area contributed by atoms with E-state index in [2.05, 4.69) is 55.9 Å². The lowest BCUT2D eigenvalue weighted by Crippen LogP contribution is -2.45. The summed E-state index contributed by atoms with van der Waals surface area (Å²) in [5.41, 5.74) is -2.06. The van der Waals surface area contributed by atoms with Crippen molar-refractivity contribution in [2.45, 2.75) is 204 Å². The number of carbonyl (C=O) groups excluding carboxylic acids is 5. The van der Waals surface area contributed by atoms with Gasteiger partial charge in [-0.05, 0) is 39.0 Å². The predicted octanol–water partition coefficient (Wildman–Crippen LogP) is 9.19. The van der Waals surface area contributed by atoms with Gasteiger partial charge in [-0.25, -0.2) is 9.59 Å². The fourth-order valence-corrected chi connectivity index (χ4v) is 6.52. The molecule has 4 N–H and O–H groups in total. The van der Waals surface area contributed by atoms with Crippen molar-refractivity contribution in [3.63, 3.8) is 0 Å². The molecule has 0 aromatic rings. The van der Waals surface area contributed by atoms with Crippen LogP contribution in [-0.2, 0) is 38.1 Å². The van der Waals surface area contributed by atoms with Crippen LogP contribution in [0.4, 0.5) is 4.79 Å². The largest absolute Gasteiger partial charge is 0.467 e. The number of alkyl carbamates (subject to hydrolysis) is 1. The topological polar surface area (TPSA) is 170 Å². The molecule has 61 heavy (non-hydrogen) atoms. The summed E-state index contributed by atoms with van der Waals surface area (Å²) < 4.78 is 22.2. The fourth-order valence-electron chi connectivity index (χ4n) is 6.52. The average Bonchev–Trinajstić information content (AvgIpc) is 3.14. The number of ether oxygens (including phenoxy) is 4. The Morgan fingerprint density at radius 1 is 0.492 bits per heavy atom. The van der Waals surface area contributed by atoms with Gasteiger partial charge in [0.05, 0.1) is 33.5 Å². The van der Waals surface area contributed by atoms with Gasteiger partial charge < -0.3 is 40.2 Å². The maximum atomic E-state index is 13.0. The SMILES string of the molecule is CCCCCCCCCCCCCCCC(=O)NCC(C)(C)COCC(C)(C)CNC(=O)CC(C)(C)COCC(C)(C)CNC(=O)CC[C@H](NC(=O)OC(C)(C)C)C(=O)OC. The van der Waals surface area contributed by atoms with E-state index >= 15 is 0 Å². The predicted molar refractivity (Wildman–Crippen MR) is 245 cm³/mol. The number of methoxy groups -OCH3 is 1. The Morgan fingerprint density at radius 3 is 1.28 bits per heavy atom. The van der Waals surface area contributed by atoms with Gasteiger partial charge in [0.15, 0.2) is 0 Å². The molecule has 0 aromatic carbocycles. The maximum absolute atomic E-state index is 13.0. The molecule has 0 spiro atoms. The van der Waals surface area contributed by atoms with Gasteiger partial charge in [-0.1, -0.05) is 139 Å². The second kappa shape index (κ2) is 30.2. The molecule has 4 amide bonds. The van der Waals surface area contributed by atoms with Crippen LogP contribution in [0.25, 0.3) is 0 Å². The van der Waals surface area contributed by atoms with Crippen LogP contribution in [-0.4, -0.2) is 94.6 Å². The number of amides is 4. The van der Waals surface area contributed by atoms with Crippen LogP contribution in [0.5, 0.6) is 0 Å². The van der Waals surface area contributed by atoms with E-state index in [1.165, 1.54) is 77.7 Å². The molecule has 0 aromatic heterocycles. The maximum Gasteiger partial charge on any atom is 0.408 e. The zero-order valence-corrected chi connectivity index (χ0v) is 41.2. The lowest BCUT2D eigenvalue weighted by atomic mass is 9.89. The minimum absolute atomic E-state index is 0.00514. The van der Waals surface area contributed by atoms with Gasteiger partial charge in [-0.2, -0.15) is 0 Å². The van der Waals surface area contributed by atoms with Crippen LogP contribution >= 0.6 is 0 Å². The first-order valence-corrected chi connectivity index (χ1v) is 23.3. The number of carbonyl (C=O) groups is 5. The van der Waals surface area contributed by atoms with Gasteiger partial charge in [-0.3, -0.25) is 14.4 Å². The third-order valence-electron chi connectivity index (χ3n) is 10.2. The first kappa shape index (κ1) is 58.1. The monoisotopic (exact) mass is 869 g/mol. The molecule has 0 aliphatic heterocycles. The second-order valence-corrected chi connectivity index (χ2v) is 21.4. The Labute approximate surface area is 371 Å². The van der Waals surface area contributed by atoms with Crippen molar-refractivity contribution in [2.24, 2.45) is 21.7 Å². The smallest absolute Gasteiger partial charge is 0.408 e. The molecule has 0 fully saturated rings. The molecule has 0 bridgehead atoms. The van der Waals surface area contributed by atoms with E-state index in [9.17, 15) is 24.0 Å². The highest BCUT2D eigenvalue weighted by Gasteiger charge is 2.29. The summed E-state index contributed by atoms with van der Waals surface area (Å²) in [5.74, 6) is -0.894. The highest BCUT2D eigenvalue weighted by molar-refractivity contribution is 5.83. The number of esters is 1. The third-order valence-corrected chi connectivity index (χ3v) is 10.2. The highest BCUT2D eigenvalue weighted by atomic mass is 16.6. The van der Waals surface area contributed by atoms with E-state index in [0.717, 1.165) is 12.8 Å². The summed E-state index contributed by atoms with van der Waals surface area (Å²) in [6.45, 7) is 26.6. The Kier molecular flexibility index (Phi) is 28.8. The summed E-state index contributed by atoms with van der Waals surface area (Å²) >= 11 is 0. The second-order valence-electron chi connectivity index (χ2n) is 21.4. The van der Waals surface area contributed by atoms with Crippen LogP contribution in [0.2, 0.25) is 0 Å². The molecule has 358 valence electrons. The van der Waals surface area contributed by atoms with E-state index < -0.39 is 34.5 Å². The molecule has 0 aliphatic rings. The number of hydrogen-bond donors (Lipinski definition) is 4. The van der Waals surface area contributed by atoms with Crippen molar-refractivity contribution in [2.75, 3.05) is 53.2 Å². The first-order chi connectivity index (χ1) is 28.3. The van der Waals surface area contributed by atoms with Gasteiger partial charge in [0.1, 0.15) is 11.6 Å². The molecular weight excluding hydrogens is 777 g/mol. The zero-order chi connectivity index (χ0) is 46.6. The third kappa shape index (κ3) is 34.3. The molecule has 0 unspecified atom stereocenters. The van der Waals surface area contributed by atoms with E-state index in [-0.39, 0.29) is 47.8 Å². The van der Waals surface area contributed by atoms with Crippen LogP contribution in [0.15, 0.2) is 0 Å². The van der Waals surface area contributed by atoms with Gasteiger partial charge in [0.2, 0.25) is 17.7 Å². The first-order valence-electron chi connectivity index (χ1n) is 23.3. The van der Waals surface area contributed by atoms with Crippen molar-refractivity contribution in [1.29, 1.82) is 0 Å². The van der Waals surface area contributed by atoms with Crippen molar-refractivity contribution in [1.82, 2.24) is 21.3 Å². The minimum Gasteiger partial charge on any atom is -0.467 e. The Bertz CT molecular complexity index is 1260. The van der Waals surface area contributed by atoms with E-state index in [0.29, 0.717) is 52.5 Å². The molecule has 13 nitrogen and oxygen atoms in total. The average molecular weight is 869 g/mol. The van der Waals surface area contributed by atoms with E-state index in [1.54, 1.807) is 20.8 Å². The molecule has 0 saturated heterocycles. The highest BCUT2D eigenvalue weighted by Crippen LogP contribution is 2.24. The lowest BCUT2D eigenvalue weighted by Gasteiger charge is -2.31. The zero-order valence-electron chi connectivity index (χ0n) is 41.2. The standard InChI is InChI=1S/C48H92N4O9/c1-14-15-16-17-18-19-20-21-22-23-24-25-26-27-39(53)49-31-46(7,8)36-60-37-48(11,12)33-51-41(55)30-45(5,6)34-59-35-47(9,10)32-50-40(54)29-28-38(42(56)58-13)52-43(57)61-44(2,3)4/h38H,14-37H2,1-13H3,(H,49,53)(H,50,54)(H,51,55)(H,52,57)/t38-/m0/s1. The molecule has 0 aliphatic carbocycles. The van der Waals surface area contributed by atoms with Gasteiger partial charge in [-0.15, -0.1) is 0 Å². The van der Waals surface area contributed by atoms with Crippen molar-refractivity contribution >= 4 is 29.8 Å². The van der Waals surface area contributed by atoms with Gasteiger partial charge in [0, 0.05) is 55.1 Å². The van der Waals surface area contributed by atoms with Crippen LogP contribution in [0, 0.1) is 21.7 Å². The number of nitrogens with one attached hydrogen (secondary N) is 4. The molecule has 0 heterocycles. The van der Waals surface area contributed by atoms with Crippen molar-refractivity contribution in [3.05, 3.63) is 0 Å². The Morgan fingerprint density at radius 2 is 0.869 bits per heavy atom. The van der Waals surface area contributed by atoms with Crippen LogP contribution < -0.4 is 21.3 Å². The summed E-state index contributed by atoms with van der Waals surface area (Å²) in [7, 11) is 1.22. The number of hydrogen-bond acceptors (Lipinski definition) is 9. The normalized spacial score (nSPS) is 13.0. The molecule has 0 saturated carbocycles. The van der Waals surface area contributed by atoms with Crippen LogP contribution in [0.3, 0.4) is 0 Å². The van der Waals surface area contributed by atoms with Gasteiger partial charge >= 0.3 is 12.1 Å². The Hall–Kier alpha value is -2.93. The van der Waals surface area contributed by atoms with Crippen LogP contribution in [0.1, 0.15) is 192 Å². The van der Waals surface area contributed by atoms with Crippen molar-refractivity contribution < 1.29 is 42.9 Å². The fraction of sp³-hybridized carbons (Fsp3) is 0.896. The summed E-state index contributed by atoms with van der Waals surface area (Å²) in [4.78, 5) is 62.5. The number of rotatable bonds is 35. The molecule has 0 rings (SSSR count). The van der Waals surface area contributed by atoms with Gasteiger partial charge in [0.25, 0.3) is 0 Å². The molecular formula is C48H92N4O9. The molecule has 1 atom stereocenters. The summed E-state index contributed by atoms with van der Waals surface area (Å²) in [6, 6.07) is -1.02. The minimum atomic E-state index is -1.02. The molecule has 0 radical (unpaired) electrons.